The van der Waals surface area contributed by atoms with E-state index < -0.39 is 0 Å². The molecule has 3 heteroatoms. The summed E-state index contributed by atoms with van der Waals surface area (Å²) < 4.78 is 0. The number of benzene rings is 2. The third-order valence-electron chi connectivity index (χ3n) is 3.01. The van der Waals surface area contributed by atoms with Crippen molar-refractivity contribution in [2.75, 3.05) is 5.73 Å². The average molecular weight is 249 g/mol. The van der Waals surface area contributed by atoms with Crippen LogP contribution in [0.1, 0.15) is 0 Å². The minimum absolute atomic E-state index is 0.723. The van der Waals surface area contributed by atoms with Gasteiger partial charge in [0.25, 0.3) is 0 Å². The molecule has 0 aliphatic carbocycles. The largest absolute Gasteiger partial charge is 0.385 e. The molecule has 4 aromatic rings. The first kappa shape index (κ1) is 11.4. The summed E-state index contributed by atoms with van der Waals surface area (Å²) in [5, 5.41) is 2.44. The number of fused-ring (bicyclic) bond motifs is 2. The second kappa shape index (κ2) is 4.90. The molecule has 94 valence electrons. The van der Waals surface area contributed by atoms with Gasteiger partial charge in [0.1, 0.15) is 5.82 Å². The predicted octanol–water partition coefficient (Wildman–Crippen LogP) is 3.92. The molecule has 0 atom stereocenters. The van der Waals surface area contributed by atoms with Crippen LogP contribution < -0.4 is 5.73 Å². The Hall–Kier alpha value is -2.68. The normalized spacial score (nSPS) is 10.3. The Labute approximate surface area is 111 Å². The van der Waals surface area contributed by atoms with E-state index in [1.165, 1.54) is 16.3 Å². The first-order chi connectivity index (χ1) is 9.33. The number of H-pyrrole nitrogens is 2. The maximum absolute atomic E-state index is 5.54. The van der Waals surface area contributed by atoms with Gasteiger partial charge in [0, 0.05) is 22.6 Å². The van der Waals surface area contributed by atoms with Crippen LogP contribution in [0.25, 0.3) is 21.8 Å². The number of nitrogen functional groups attached to an aromatic ring is 1. The number of nitrogens with two attached hydrogens (primary N) is 1. The molecule has 2 heterocycles. The van der Waals surface area contributed by atoms with E-state index in [0.29, 0.717) is 0 Å². The first-order valence-electron chi connectivity index (χ1n) is 6.18. The summed E-state index contributed by atoms with van der Waals surface area (Å²) in [4.78, 5) is 6.16. The molecule has 0 saturated carbocycles. The molecule has 2 aromatic carbocycles. The molecule has 4 N–H and O–H groups in total. The molecule has 19 heavy (non-hydrogen) atoms. The quantitative estimate of drug-likeness (QED) is 0.434. The van der Waals surface area contributed by atoms with E-state index in [0.717, 1.165) is 11.3 Å². The Morgan fingerprint density at radius 3 is 2.16 bits per heavy atom. The molecule has 0 bridgehead atoms. The summed E-state index contributed by atoms with van der Waals surface area (Å²) in [6, 6.07) is 20.2. The maximum Gasteiger partial charge on any atom is 0.101 e. The highest BCUT2D eigenvalue weighted by atomic mass is 14.8. The minimum Gasteiger partial charge on any atom is -0.385 e. The fraction of sp³-hybridized carbons (Fsp3) is 0. The lowest BCUT2D eigenvalue weighted by Crippen LogP contribution is -1.80. The van der Waals surface area contributed by atoms with E-state index in [2.05, 4.69) is 28.2 Å². The Morgan fingerprint density at radius 2 is 1.42 bits per heavy atom. The van der Waals surface area contributed by atoms with Crippen molar-refractivity contribution in [3.63, 3.8) is 0 Å². The lowest BCUT2D eigenvalue weighted by Gasteiger charge is -1.83. The van der Waals surface area contributed by atoms with E-state index in [1.54, 1.807) is 0 Å². The van der Waals surface area contributed by atoms with Gasteiger partial charge in [-0.15, -0.1) is 0 Å². The molecule has 0 amide bonds. The van der Waals surface area contributed by atoms with Gasteiger partial charge in [-0.05, 0) is 29.7 Å². The summed E-state index contributed by atoms with van der Waals surface area (Å²) in [5.74, 6) is 0.723. The molecular weight excluding hydrogens is 234 g/mol. The fourth-order valence-corrected chi connectivity index (χ4v) is 2.09. The lowest BCUT2D eigenvalue weighted by molar-refractivity contribution is 1.47. The van der Waals surface area contributed by atoms with Crippen molar-refractivity contribution < 1.29 is 0 Å². The standard InChI is InChI=1S/C8H8N2.C8H7N/c9-8-5-6-3-1-2-4-7(6)10-8;1-2-4-8-7(3-1)5-6-9-8/h1-5,10H,9H2;1-6,9H. The minimum atomic E-state index is 0.723. The second-order valence-corrected chi connectivity index (χ2v) is 4.38. The van der Waals surface area contributed by atoms with E-state index in [9.17, 15) is 0 Å². The van der Waals surface area contributed by atoms with Gasteiger partial charge in [-0.3, -0.25) is 0 Å². The SMILES string of the molecule is Nc1cc2ccccc2[nH]1.c1ccc2[nH]ccc2c1. The van der Waals surface area contributed by atoms with E-state index in [1.807, 2.05) is 48.7 Å². The third kappa shape index (κ3) is 2.45. The summed E-state index contributed by atoms with van der Waals surface area (Å²) in [7, 11) is 0. The number of rotatable bonds is 0. The number of aromatic amines is 2. The van der Waals surface area contributed by atoms with Gasteiger partial charge in [-0.1, -0.05) is 36.4 Å². The third-order valence-corrected chi connectivity index (χ3v) is 3.01. The van der Waals surface area contributed by atoms with Gasteiger partial charge >= 0.3 is 0 Å². The molecule has 0 unspecified atom stereocenters. The molecule has 0 aliphatic heterocycles. The molecule has 4 rings (SSSR count). The topological polar surface area (TPSA) is 57.6 Å². The monoisotopic (exact) mass is 249 g/mol. The van der Waals surface area contributed by atoms with Crippen molar-refractivity contribution in [2.45, 2.75) is 0 Å². The number of hydrogen-bond donors (Lipinski definition) is 3. The Kier molecular flexibility index (Phi) is 2.94. The highest BCUT2D eigenvalue weighted by Gasteiger charge is 1.92. The maximum atomic E-state index is 5.54. The van der Waals surface area contributed by atoms with Crippen LogP contribution in [0.5, 0.6) is 0 Å². The number of aromatic nitrogens is 2. The average Bonchev–Trinajstić information content (AvgIpc) is 3.03. The molecule has 0 radical (unpaired) electrons. The number of hydrogen-bond acceptors (Lipinski definition) is 1. The second-order valence-electron chi connectivity index (χ2n) is 4.38. The van der Waals surface area contributed by atoms with Crippen LogP contribution >= 0.6 is 0 Å². The number of para-hydroxylation sites is 2. The molecule has 0 saturated heterocycles. The first-order valence-corrected chi connectivity index (χ1v) is 6.18. The zero-order valence-electron chi connectivity index (χ0n) is 10.4. The zero-order valence-corrected chi connectivity index (χ0v) is 10.4. The number of nitrogens with one attached hydrogen (secondary N) is 2. The van der Waals surface area contributed by atoms with Crippen LogP contribution in [0, 0.1) is 0 Å². The summed E-state index contributed by atoms with van der Waals surface area (Å²) in [5.41, 5.74) is 7.84. The van der Waals surface area contributed by atoms with Crippen molar-refractivity contribution in [3.8, 4) is 0 Å². The highest BCUT2D eigenvalue weighted by Crippen LogP contribution is 2.14. The van der Waals surface area contributed by atoms with Crippen molar-refractivity contribution in [1.29, 1.82) is 0 Å². The molecule has 3 nitrogen and oxygen atoms in total. The van der Waals surface area contributed by atoms with E-state index in [-0.39, 0.29) is 0 Å². The van der Waals surface area contributed by atoms with E-state index >= 15 is 0 Å². The summed E-state index contributed by atoms with van der Waals surface area (Å²) >= 11 is 0. The van der Waals surface area contributed by atoms with Crippen molar-refractivity contribution >= 4 is 27.6 Å². The Balaban J connectivity index is 0.000000117. The van der Waals surface area contributed by atoms with Gasteiger partial charge < -0.3 is 15.7 Å². The Bertz CT molecular complexity index is 732. The molecular formula is C16H15N3. The molecule has 0 fully saturated rings. The van der Waals surface area contributed by atoms with E-state index in [4.69, 9.17) is 5.73 Å². The predicted molar refractivity (Wildman–Crippen MR) is 81.0 cm³/mol. The van der Waals surface area contributed by atoms with Crippen LogP contribution in [-0.2, 0) is 0 Å². The van der Waals surface area contributed by atoms with Crippen molar-refractivity contribution in [3.05, 3.63) is 66.9 Å². The van der Waals surface area contributed by atoms with Crippen LogP contribution in [0.3, 0.4) is 0 Å². The summed E-state index contributed by atoms with van der Waals surface area (Å²) in [6.07, 6.45) is 1.95. The smallest absolute Gasteiger partial charge is 0.101 e. The highest BCUT2D eigenvalue weighted by molar-refractivity contribution is 5.83. The lowest BCUT2D eigenvalue weighted by atomic mass is 10.3. The number of anilines is 1. The van der Waals surface area contributed by atoms with Gasteiger partial charge in [0.2, 0.25) is 0 Å². The Morgan fingerprint density at radius 1 is 0.737 bits per heavy atom. The van der Waals surface area contributed by atoms with Gasteiger partial charge in [-0.2, -0.15) is 0 Å². The zero-order chi connectivity index (χ0) is 13.1. The molecule has 0 spiro atoms. The van der Waals surface area contributed by atoms with Crippen LogP contribution in [0.2, 0.25) is 0 Å². The van der Waals surface area contributed by atoms with Crippen LogP contribution in [0.4, 0.5) is 5.82 Å². The van der Waals surface area contributed by atoms with Crippen LogP contribution in [-0.4, -0.2) is 9.97 Å². The molecule has 2 aromatic heterocycles. The van der Waals surface area contributed by atoms with Gasteiger partial charge in [-0.25, -0.2) is 0 Å². The molecule has 0 aliphatic rings. The van der Waals surface area contributed by atoms with Crippen LogP contribution in [0.15, 0.2) is 66.9 Å². The van der Waals surface area contributed by atoms with Gasteiger partial charge in [0.15, 0.2) is 0 Å². The summed E-state index contributed by atoms with van der Waals surface area (Å²) in [6.45, 7) is 0. The van der Waals surface area contributed by atoms with Crippen molar-refractivity contribution in [1.82, 2.24) is 9.97 Å². The van der Waals surface area contributed by atoms with Crippen molar-refractivity contribution in [2.24, 2.45) is 0 Å². The fourth-order valence-electron chi connectivity index (χ4n) is 2.09. The van der Waals surface area contributed by atoms with Gasteiger partial charge in [0.05, 0.1) is 0 Å².